The average Bonchev–Trinajstić information content (AvgIpc) is 1.54. The van der Waals surface area contributed by atoms with Gasteiger partial charge in [-0.15, -0.1) is 11.3 Å². The molecule has 5 aliphatic heterocycles. The zero-order chi connectivity index (χ0) is 80.8. The van der Waals surface area contributed by atoms with E-state index in [-0.39, 0.29) is 5.41 Å². The second kappa shape index (κ2) is 36.0. The number of hydrogen-bond donors (Lipinski definition) is 4. The van der Waals surface area contributed by atoms with Gasteiger partial charge >= 0.3 is 0 Å². The number of anilines is 11. The van der Waals surface area contributed by atoms with Crippen molar-refractivity contribution in [2.24, 2.45) is 0 Å². The van der Waals surface area contributed by atoms with Crippen molar-refractivity contribution in [3.8, 4) is 0 Å². The minimum Gasteiger partial charge on any atom is -0.456 e. The van der Waals surface area contributed by atoms with Crippen LogP contribution in [-0.2, 0) is 18.3 Å². The van der Waals surface area contributed by atoms with Gasteiger partial charge in [0, 0.05) is 114 Å². The number of aromatic amines is 1. The number of hydrogen-bond acceptors (Lipinski definition) is 8. The molecule has 9 heteroatoms. The van der Waals surface area contributed by atoms with Crippen LogP contribution in [-0.4, -0.2) is 11.5 Å². The maximum atomic E-state index is 5.65. The van der Waals surface area contributed by atoms with Crippen LogP contribution in [0.4, 0.5) is 62.6 Å². The molecule has 20 aromatic rings. The van der Waals surface area contributed by atoms with Crippen LogP contribution in [0.2, 0.25) is 0 Å². The van der Waals surface area contributed by atoms with Crippen molar-refractivity contribution < 1.29 is 4.42 Å². The lowest BCUT2D eigenvalue weighted by Crippen LogP contribution is -2.25. The standard InChI is InChI=1S/C24H18N2.C15H15N.C14H11N.C13H10S.C12H9N.C12H8O.C12H8S.C9H11N/c1-3-11-19(12-4-1)25-21-15-7-9-17-23(21)26(20-13-5-2-6-14-20)24-18-10-8-16-22(24)25;1-15(2)11-7-3-5-9-13(11)16-14-10-6-4-8-12(14)15;1-3-7-13-11(5-1)9-10-12-6-2-4-8-14(12)15-13;1-3-7-12-10(5-1)9-11-6-2-4-8-13(11)14-12;3*1-3-7-11-9(5-1)10-6-2-4-8-12(10)13-11;1-2-6-9-8(4-1)5-3-7-10-9/h1-18H;3-10,16H,1-2H3;1-10,15H;1-8H,9H2;1-8,13H;2*1-8H;1-2,4,6,10H,3,5,7H2. The second-order valence-corrected chi connectivity index (χ2v) is 32.5. The minimum atomic E-state index is 0.0818. The lowest BCUT2D eigenvalue weighted by atomic mass is 9.74. The number of H-pyrrole nitrogens is 1. The van der Waals surface area contributed by atoms with E-state index >= 15 is 0 Å². The third kappa shape index (κ3) is 16.8. The van der Waals surface area contributed by atoms with Gasteiger partial charge in [0.05, 0.1) is 22.7 Å². The van der Waals surface area contributed by atoms with Gasteiger partial charge in [0.2, 0.25) is 0 Å². The quantitative estimate of drug-likeness (QED) is 0.137. The Morgan fingerprint density at radius 2 is 0.650 bits per heavy atom. The number of nitrogens with zero attached hydrogens (tertiary/aromatic N) is 2. The molecule has 0 radical (unpaired) electrons. The van der Waals surface area contributed by atoms with Gasteiger partial charge in [-0.1, -0.05) is 335 Å². The molecule has 0 spiro atoms. The van der Waals surface area contributed by atoms with Gasteiger partial charge in [0.15, 0.2) is 0 Å². The fourth-order valence-electron chi connectivity index (χ4n) is 16.4. The SMILES string of the molecule is C1=Cc2ccccc2Nc2ccccc21.CC1(C)c2ccccc2Nc2ccccc21.c1ccc(N2c3ccccc3N(c3ccccc3)c3ccccc32)cc1.c1ccc2c(c1)CCCN2.c1ccc2c(c1)Cc1ccccc1S2.c1ccc2c(c1)[nH]c1ccccc12.c1ccc2c(c1)oc1ccccc12.c1ccc2c(c1)sc1ccccc12. The van der Waals surface area contributed by atoms with Crippen LogP contribution < -0.4 is 25.8 Å². The Kier molecular flexibility index (Phi) is 23.1. The molecule has 5 aliphatic rings. The van der Waals surface area contributed by atoms with Crippen LogP contribution in [0.1, 0.15) is 59.2 Å². The van der Waals surface area contributed by atoms with E-state index in [9.17, 15) is 0 Å². The summed E-state index contributed by atoms with van der Waals surface area (Å²) in [6.45, 7) is 5.70. The molecule has 25 rings (SSSR count). The van der Waals surface area contributed by atoms with Gasteiger partial charge in [-0.05, 0) is 186 Å². The van der Waals surface area contributed by atoms with E-state index in [1.165, 1.54) is 177 Å². The molecule has 17 aromatic carbocycles. The van der Waals surface area contributed by atoms with E-state index in [0.717, 1.165) is 24.1 Å². The smallest absolute Gasteiger partial charge is 0.135 e. The molecule has 0 aliphatic carbocycles. The van der Waals surface area contributed by atoms with Crippen molar-refractivity contribution in [1.82, 2.24) is 4.98 Å². The first-order valence-electron chi connectivity index (χ1n) is 41.1. The summed E-state index contributed by atoms with van der Waals surface area (Å²) in [4.78, 5) is 10.9. The van der Waals surface area contributed by atoms with Gasteiger partial charge in [0.25, 0.3) is 0 Å². The number of para-hydroxylation sites is 15. The molecule has 582 valence electrons. The van der Waals surface area contributed by atoms with E-state index in [0.29, 0.717) is 0 Å². The highest BCUT2D eigenvalue weighted by atomic mass is 32.2. The summed E-state index contributed by atoms with van der Waals surface area (Å²) in [6, 6.07) is 148. The molecule has 0 atom stereocenters. The number of furan rings is 1. The number of rotatable bonds is 2. The first-order chi connectivity index (χ1) is 59.3. The average molecular weight is 1590 g/mol. The molecule has 0 unspecified atom stereocenters. The number of aryl methyl sites for hydroxylation is 1. The Bertz CT molecular complexity index is 6220. The van der Waals surface area contributed by atoms with E-state index in [2.05, 4.69) is 433 Å². The van der Waals surface area contributed by atoms with Crippen molar-refractivity contribution in [3.05, 3.63) is 464 Å². The van der Waals surface area contributed by atoms with Crippen LogP contribution in [0.25, 0.3) is 76.1 Å². The molecular formula is C111H90N6OS2. The summed E-state index contributed by atoms with van der Waals surface area (Å²) in [5.41, 5.74) is 27.2. The molecular weight excluding hydrogens is 1500 g/mol. The third-order valence-corrected chi connectivity index (χ3v) is 24.7. The van der Waals surface area contributed by atoms with Crippen molar-refractivity contribution in [2.75, 3.05) is 32.3 Å². The van der Waals surface area contributed by atoms with Gasteiger partial charge in [-0.2, -0.15) is 0 Å². The monoisotopic (exact) mass is 1590 g/mol. The number of thiophene rings is 1. The highest BCUT2D eigenvalue weighted by Gasteiger charge is 2.33. The number of fused-ring (bicyclic) bond motifs is 18. The Balaban J connectivity index is 0.0000000956. The Hall–Kier alpha value is -14.4. The summed E-state index contributed by atoms with van der Waals surface area (Å²) < 4.78 is 8.41. The topological polar surface area (TPSA) is 71.5 Å². The predicted molar refractivity (Wildman–Crippen MR) is 515 cm³/mol. The molecule has 7 nitrogen and oxygen atoms in total. The Labute approximate surface area is 710 Å². The highest BCUT2D eigenvalue weighted by molar-refractivity contribution is 7.99. The molecule has 0 saturated heterocycles. The second-order valence-electron chi connectivity index (χ2n) is 30.4. The normalized spacial score (nSPS) is 12.8. The number of aromatic nitrogens is 1. The van der Waals surface area contributed by atoms with Crippen molar-refractivity contribution in [2.45, 2.75) is 48.3 Å². The molecule has 120 heavy (non-hydrogen) atoms. The summed E-state index contributed by atoms with van der Waals surface area (Å²) >= 11 is 3.74. The number of nitrogens with one attached hydrogen (secondary N) is 4. The first-order valence-corrected chi connectivity index (χ1v) is 42.8. The molecule has 8 heterocycles. The van der Waals surface area contributed by atoms with E-state index in [1.807, 2.05) is 71.6 Å². The van der Waals surface area contributed by atoms with Gasteiger partial charge in [0.1, 0.15) is 11.2 Å². The van der Waals surface area contributed by atoms with Crippen LogP contribution in [0.15, 0.2) is 439 Å². The zero-order valence-corrected chi connectivity index (χ0v) is 68.6. The molecule has 3 aromatic heterocycles. The third-order valence-electron chi connectivity index (χ3n) is 22.3. The number of benzene rings is 17. The predicted octanol–water partition coefficient (Wildman–Crippen LogP) is 31.7. The summed E-state index contributed by atoms with van der Waals surface area (Å²) in [6.07, 6.45) is 7.89. The van der Waals surface area contributed by atoms with E-state index in [1.54, 1.807) is 0 Å². The van der Waals surface area contributed by atoms with Crippen molar-refractivity contribution >= 4 is 162 Å². The van der Waals surface area contributed by atoms with Crippen LogP contribution in [0.3, 0.4) is 0 Å². The van der Waals surface area contributed by atoms with Crippen LogP contribution in [0.5, 0.6) is 0 Å². The molecule has 0 amide bonds. The summed E-state index contributed by atoms with van der Waals surface area (Å²) in [5, 5.41) is 18.0. The molecule has 4 N–H and O–H groups in total. The van der Waals surface area contributed by atoms with Crippen LogP contribution in [0, 0.1) is 0 Å². The van der Waals surface area contributed by atoms with Crippen LogP contribution >= 0.6 is 23.1 Å². The Morgan fingerprint density at radius 1 is 0.300 bits per heavy atom. The fraction of sp³-hybridized carbons (Fsp3) is 0.0631. The molecule has 0 saturated carbocycles. The summed E-state index contributed by atoms with van der Waals surface area (Å²) in [7, 11) is 0. The van der Waals surface area contributed by atoms with Crippen molar-refractivity contribution in [3.63, 3.8) is 0 Å². The largest absolute Gasteiger partial charge is 0.456 e. The maximum absolute atomic E-state index is 5.65. The summed E-state index contributed by atoms with van der Waals surface area (Å²) in [5.74, 6) is 0. The van der Waals surface area contributed by atoms with E-state index in [4.69, 9.17) is 4.42 Å². The Morgan fingerprint density at radius 3 is 1.12 bits per heavy atom. The van der Waals surface area contributed by atoms with E-state index < -0.39 is 0 Å². The first kappa shape index (κ1) is 76.9. The lowest BCUT2D eigenvalue weighted by molar-refractivity contribution is 0.638. The van der Waals surface area contributed by atoms with Gasteiger partial charge in [-0.3, -0.25) is 0 Å². The highest BCUT2D eigenvalue weighted by Crippen LogP contribution is 2.54. The zero-order valence-electron chi connectivity index (χ0n) is 67.0. The molecule has 0 bridgehead atoms. The minimum absolute atomic E-state index is 0.0818. The fourth-order valence-corrected chi connectivity index (χ4v) is 18.6. The molecule has 0 fully saturated rings. The maximum Gasteiger partial charge on any atom is 0.135 e. The van der Waals surface area contributed by atoms with Gasteiger partial charge in [-0.25, -0.2) is 0 Å². The van der Waals surface area contributed by atoms with Crippen molar-refractivity contribution in [1.29, 1.82) is 0 Å². The lowest BCUT2D eigenvalue weighted by Gasteiger charge is -2.40. The van der Waals surface area contributed by atoms with Gasteiger partial charge < -0.3 is 35.2 Å².